The van der Waals surface area contributed by atoms with Crippen LogP contribution in [0.3, 0.4) is 0 Å². The average Bonchev–Trinajstić information content (AvgIpc) is 3.02. The van der Waals surface area contributed by atoms with Gasteiger partial charge in [0.25, 0.3) is 0 Å². The first kappa shape index (κ1) is 15.1. The molecule has 0 amide bonds. The van der Waals surface area contributed by atoms with Crippen molar-refractivity contribution in [2.75, 3.05) is 28.4 Å². The fourth-order valence-electron chi connectivity index (χ4n) is 2.64. The Labute approximate surface area is 134 Å². The molecule has 0 unspecified atom stereocenters. The maximum absolute atomic E-state index is 5.52. The van der Waals surface area contributed by atoms with E-state index in [0.29, 0.717) is 17.2 Å². The molecule has 0 aliphatic heterocycles. The van der Waals surface area contributed by atoms with Crippen molar-refractivity contribution in [2.24, 2.45) is 0 Å². The zero-order valence-corrected chi connectivity index (χ0v) is 13.6. The molecule has 0 aliphatic rings. The summed E-state index contributed by atoms with van der Waals surface area (Å²) in [5, 5.41) is 1.05. The normalized spacial score (nSPS) is 10.6. The fraction of sp³-hybridized carbons (Fsp3) is 0.222. The van der Waals surface area contributed by atoms with E-state index in [2.05, 4.69) is 4.98 Å². The van der Waals surface area contributed by atoms with Crippen LogP contribution >= 0.6 is 0 Å². The Bertz CT molecular complexity index is 813. The summed E-state index contributed by atoms with van der Waals surface area (Å²) in [7, 11) is 6.53. The summed E-state index contributed by atoms with van der Waals surface area (Å²) in [6.45, 7) is 0. The summed E-state index contributed by atoms with van der Waals surface area (Å²) < 4.78 is 21.6. The molecule has 5 nitrogen and oxygen atoms in total. The Morgan fingerprint density at radius 3 is 1.91 bits per heavy atom. The summed E-state index contributed by atoms with van der Waals surface area (Å²) >= 11 is 0. The van der Waals surface area contributed by atoms with Crippen molar-refractivity contribution < 1.29 is 18.9 Å². The lowest BCUT2D eigenvalue weighted by Crippen LogP contribution is -1.95. The maximum Gasteiger partial charge on any atom is 0.135 e. The summed E-state index contributed by atoms with van der Waals surface area (Å²) in [5.74, 6) is 2.86. The van der Waals surface area contributed by atoms with Crippen LogP contribution in [0, 0.1) is 0 Å². The third kappa shape index (κ3) is 2.65. The first-order chi connectivity index (χ1) is 11.2. The van der Waals surface area contributed by atoms with Crippen LogP contribution in [0.5, 0.6) is 23.0 Å². The largest absolute Gasteiger partial charge is 0.497 e. The molecule has 1 heterocycles. The number of fused-ring (bicyclic) bond motifs is 1. The molecule has 2 aromatic carbocycles. The lowest BCUT2D eigenvalue weighted by atomic mass is 10.1. The molecular weight excluding hydrogens is 294 g/mol. The third-order valence-electron chi connectivity index (χ3n) is 3.81. The standard InChI is InChI=1S/C18H19NO4/c1-20-12-5-6-14-11(7-12)8-15(19-14)18-16(22-3)9-13(21-2)10-17(18)23-4/h5-10,19H,1-4H3. The third-order valence-corrected chi connectivity index (χ3v) is 3.81. The molecule has 0 radical (unpaired) electrons. The van der Waals surface area contributed by atoms with E-state index in [1.165, 1.54) is 0 Å². The highest BCUT2D eigenvalue weighted by Crippen LogP contribution is 2.42. The van der Waals surface area contributed by atoms with Crippen LogP contribution in [0.15, 0.2) is 36.4 Å². The van der Waals surface area contributed by atoms with E-state index in [1.807, 2.05) is 36.4 Å². The topological polar surface area (TPSA) is 52.7 Å². The molecule has 0 bridgehead atoms. The predicted octanol–water partition coefficient (Wildman–Crippen LogP) is 3.87. The van der Waals surface area contributed by atoms with Gasteiger partial charge in [0.05, 0.1) is 39.7 Å². The van der Waals surface area contributed by atoms with Gasteiger partial charge in [-0.1, -0.05) is 0 Å². The molecule has 0 saturated heterocycles. The molecule has 3 aromatic rings. The van der Waals surface area contributed by atoms with Crippen molar-refractivity contribution in [3.63, 3.8) is 0 Å². The van der Waals surface area contributed by atoms with Gasteiger partial charge >= 0.3 is 0 Å². The van der Waals surface area contributed by atoms with E-state index >= 15 is 0 Å². The van der Waals surface area contributed by atoms with E-state index in [1.54, 1.807) is 28.4 Å². The Balaban J connectivity index is 2.20. The van der Waals surface area contributed by atoms with E-state index in [4.69, 9.17) is 18.9 Å². The summed E-state index contributed by atoms with van der Waals surface area (Å²) in [5.41, 5.74) is 2.77. The van der Waals surface area contributed by atoms with Gasteiger partial charge in [0.2, 0.25) is 0 Å². The number of rotatable bonds is 5. The SMILES string of the molecule is COc1cc(OC)c(-c2cc3cc(OC)ccc3[nH]2)c(OC)c1. The van der Waals surface area contributed by atoms with Crippen LogP contribution in [0.25, 0.3) is 22.2 Å². The maximum atomic E-state index is 5.52. The minimum atomic E-state index is 0.680. The quantitative estimate of drug-likeness (QED) is 0.777. The zero-order chi connectivity index (χ0) is 16.4. The van der Waals surface area contributed by atoms with Gasteiger partial charge in [0.1, 0.15) is 23.0 Å². The molecule has 0 aliphatic carbocycles. The average molecular weight is 313 g/mol. The van der Waals surface area contributed by atoms with Crippen LogP contribution in [0.1, 0.15) is 0 Å². The number of nitrogens with one attached hydrogen (secondary N) is 1. The molecule has 23 heavy (non-hydrogen) atoms. The number of aromatic amines is 1. The van der Waals surface area contributed by atoms with Crippen LogP contribution < -0.4 is 18.9 Å². The van der Waals surface area contributed by atoms with Crippen molar-refractivity contribution >= 4 is 10.9 Å². The molecule has 120 valence electrons. The van der Waals surface area contributed by atoms with Crippen LogP contribution in [0.4, 0.5) is 0 Å². The first-order valence-corrected chi connectivity index (χ1v) is 7.17. The van der Waals surface area contributed by atoms with E-state index in [-0.39, 0.29) is 0 Å². The number of benzene rings is 2. The highest BCUT2D eigenvalue weighted by molar-refractivity contribution is 5.89. The smallest absolute Gasteiger partial charge is 0.135 e. The highest BCUT2D eigenvalue weighted by atomic mass is 16.5. The molecule has 5 heteroatoms. The van der Waals surface area contributed by atoms with E-state index < -0.39 is 0 Å². The van der Waals surface area contributed by atoms with Gasteiger partial charge in [-0.3, -0.25) is 0 Å². The zero-order valence-electron chi connectivity index (χ0n) is 13.6. The molecule has 0 saturated carbocycles. The second kappa shape index (κ2) is 6.12. The Morgan fingerprint density at radius 1 is 0.696 bits per heavy atom. The Hall–Kier alpha value is -2.82. The summed E-state index contributed by atoms with van der Waals surface area (Å²) in [6, 6.07) is 11.6. The molecular formula is C18H19NO4. The highest BCUT2D eigenvalue weighted by Gasteiger charge is 2.17. The number of ether oxygens (including phenoxy) is 4. The molecule has 3 rings (SSSR count). The molecule has 1 N–H and O–H groups in total. The number of methoxy groups -OCH3 is 4. The van der Waals surface area contributed by atoms with Gasteiger partial charge in [-0.25, -0.2) is 0 Å². The lowest BCUT2D eigenvalue weighted by Gasteiger charge is -2.14. The number of hydrogen-bond acceptors (Lipinski definition) is 4. The molecule has 0 atom stereocenters. The van der Waals surface area contributed by atoms with Crippen molar-refractivity contribution in [1.82, 2.24) is 4.98 Å². The van der Waals surface area contributed by atoms with Crippen LogP contribution in [0.2, 0.25) is 0 Å². The number of H-pyrrole nitrogens is 1. The lowest BCUT2D eigenvalue weighted by molar-refractivity contribution is 0.377. The Kier molecular flexibility index (Phi) is 4.02. The summed E-state index contributed by atoms with van der Waals surface area (Å²) in [4.78, 5) is 3.39. The van der Waals surface area contributed by atoms with Gasteiger partial charge in [-0.05, 0) is 24.3 Å². The minimum absolute atomic E-state index is 0.680. The van der Waals surface area contributed by atoms with Gasteiger partial charge < -0.3 is 23.9 Å². The molecule has 0 spiro atoms. The Morgan fingerprint density at radius 2 is 1.35 bits per heavy atom. The van der Waals surface area contributed by atoms with Gasteiger partial charge in [-0.15, -0.1) is 0 Å². The molecule has 1 aromatic heterocycles. The molecule has 0 fully saturated rings. The summed E-state index contributed by atoms with van der Waals surface area (Å²) in [6.07, 6.45) is 0. The van der Waals surface area contributed by atoms with Crippen LogP contribution in [-0.2, 0) is 0 Å². The van der Waals surface area contributed by atoms with E-state index in [9.17, 15) is 0 Å². The van der Waals surface area contributed by atoms with Crippen molar-refractivity contribution in [2.45, 2.75) is 0 Å². The number of aromatic nitrogens is 1. The van der Waals surface area contributed by atoms with Crippen molar-refractivity contribution in [1.29, 1.82) is 0 Å². The second-order valence-corrected chi connectivity index (χ2v) is 5.04. The second-order valence-electron chi connectivity index (χ2n) is 5.04. The number of hydrogen-bond donors (Lipinski definition) is 1. The monoisotopic (exact) mass is 313 g/mol. The van der Waals surface area contributed by atoms with E-state index in [0.717, 1.165) is 27.9 Å². The van der Waals surface area contributed by atoms with Crippen LogP contribution in [-0.4, -0.2) is 33.4 Å². The first-order valence-electron chi connectivity index (χ1n) is 7.17. The predicted molar refractivity (Wildman–Crippen MR) is 89.9 cm³/mol. The van der Waals surface area contributed by atoms with Crippen molar-refractivity contribution in [3.8, 4) is 34.3 Å². The minimum Gasteiger partial charge on any atom is -0.497 e. The van der Waals surface area contributed by atoms with Gasteiger partial charge in [0, 0.05) is 23.0 Å². The fourth-order valence-corrected chi connectivity index (χ4v) is 2.64. The van der Waals surface area contributed by atoms with Gasteiger partial charge in [0.15, 0.2) is 0 Å². The van der Waals surface area contributed by atoms with Gasteiger partial charge in [-0.2, -0.15) is 0 Å². The van der Waals surface area contributed by atoms with Crippen molar-refractivity contribution in [3.05, 3.63) is 36.4 Å².